The Bertz CT molecular complexity index is 818. The number of aliphatic hydroxyl groups excluding tert-OH is 1. The number of rotatable bonds is 15. The van der Waals surface area contributed by atoms with E-state index < -0.39 is 42.0 Å². The Hall–Kier alpha value is -3.28. The lowest BCUT2D eigenvalue weighted by atomic mass is 9.84. The van der Waals surface area contributed by atoms with E-state index in [1.165, 1.54) is 12.2 Å². The molecule has 0 aliphatic carbocycles. The van der Waals surface area contributed by atoms with E-state index in [1.54, 1.807) is 20.8 Å². The number of ketones is 1. The highest BCUT2D eigenvalue weighted by Crippen LogP contribution is 2.19. The first kappa shape index (κ1) is 33.7. The average Bonchev–Trinajstić information content (AvgIpc) is 3.16. The van der Waals surface area contributed by atoms with Gasteiger partial charge in [-0.1, -0.05) is 41.0 Å². The Morgan fingerprint density at radius 3 is 2.05 bits per heavy atom. The fourth-order valence-electron chi connectivity index (χ4n) is 3.43. The van der Waals surface area contributed by atoms with Gasteiger partial charge in [0.25, 0.3) is 11.8 Å². The van der Waals surface area contributed by atoms with Gasteiger partial charge in [-0.05, 0) is 25.7 Å². The van der Waals surface area contributed by atoms with Gasteiger partial charge in [-0.25, -0.2) is 4.79 Å². The third-order valence-electron chi connectivity index (χ3n) is 5.36. The van der Waals surface area contributed by atoms with Gasteiger partial charge in [0.2, 0.25) is 11.8 Å². The molecule has 6 N–H and O–H groups in total. The van der Waals surface area contributed by atoms with Crippen molar-refractivity contribution >= 4 is 35.4 Å². The van der Waals surface area contributed by atoms with E-state index in [-0.39, 0.29) is 43.5 Å². The monoisotopic (exact) mass is 525 g/mol. The lowest BCUT2D eigenvalue weighted by Crippen LogP contribution is -2.54. The van der Waals surface area contributed by atoms with Crippen molar-refractivity contribution in [1.82, 2.24) is 20.9 Å². The standard InChI is InChI=1S/C23H37N5O7.C2H6/c1-23(2,3)20(33)15(8-7-12-25-22(24)35)27-21(34)16(14-29)26-17(30)9-5-4-6-13-28-18(31)10-11-19(28)32;1-2/h10-11,15-16,29H,4-9,12-14H2,1-3H3,(H,26,30)(H,27,34)(H3,24,25,35);1-2H3/t15-,16?;/m0./s1. The summed E-state index contributed by atoms with van der Waals surface area (Å²) in [5.74, 6) is -2.06. The zero-order valence-corrected chi connectivity index (χ0v) is 22.6. The molecule has 1 heterocycles. The van der Waals surface area contributed by atoms with Crippen molar-refractivity contribution < 1.29 is 33.9 Å². The number of aliphatic hydroxyl groups is 1. The molecule has 1 unspecified atom stereocenters. The molecular weight excluding hydrogens is 482 g/mol. The molecule has 0 saturated carbocycles. The van der Waals surface area contributed by atoms with Gasteiger partial charge in [0, 0.05) is 37.1 Å². The molecule has 210 valence electrons. The zero-order valence-electron chi connectivity index (χ0n) is 22.6. The molecule has 2 atom stereocenters. The fraction of sp³-hybridized carbons (Fsp3) is 0.680. The van der Waals surface area contributed by atoms with Gasteiger partial charge in [-0.2, -0.15) is 0 Å². The Balaban J connectivity index is 0.00000631. The number of nitrogens with zero attached hydrogens (tertiary/aromatic N) is 1. The van der Waals surface area contributed by atoms with Crippen LogP contribution in [0, 0.1) is 5.41 Å². The van der Waals surface area contributed by atoms with Crippen molar-refractivity contribution in [2.24, 2.45) is 11.1 Å². The third-order valence-corrected chi connectivity index (χ3v) is 5.36. The second kappa shape index (κ2) is 17.2. The number of primary amides is 1. The first-order valence-corrected chi connectivity index (χ1v) is 12.7. The molecule has 1 aliphatic rings. The number of carbonyl (C=O) groups is 6. The van der Waals surface area contributed by atoms with Gasteiger partial charge in [0.1, 0.15) is 6.04 Å². The number of carbonyl (C=O) groups excluding carboxylic acids is 6. The highest BCUT2D eigenvalue weighted by Gasteiger charge is 2.32. The minimum absolute atomic E-state index is 0.0903. The molecule has 0 saturated heterocycles. The van der Waals surface area contributed by atoms with E-state index in [4.69, 9.17) is 5.73 Å². The molecule has 1 rings (SSSR count). The van der Waals surface area contributed by atoms with E-state index in [9.17, 15) is 33.9 Å². The summed E-state index contributed by atoms with van der Waals surface area (Å²) in [6.07, 6.45) is 4.74. The number of nitrogens with one attached hydrogen (secondary N) is 3. The summed E-state index contributed by atoms with van der Waals surface area (Å²) >= 11 is 0. The molecule has 0 bridgehead atoms. The minimum Gasteiger partial charge on any atom is -0.394 e. The number of Topliss-reactive ketones (excluding diaryl/α,β-unsaturated/α-hetero) is 1. The number of imide groups is 1. The molecule has 1 aliphatic heterocycles. The van der Waals surface area contributed by atoms with Gasteiger partial charge in [0.15, 0.2) is 5.78 Å². The maximum Gasteiger partial charge on any atom is 0.312 e. The van der Waals surface area contributed by atoms with Crippen LogP contribution >= 0.6 is 0 Å². The summed E-state index contributed by atoms with van der Waals surface area (Å²) in [5.41, 5.74) is 4.29. The molecule has 37 heavy (non-hydrogen) atoms. The minimum atomic E-state index is -1.23. The van der Waals surface area contributed by atoms with Crippen molar-refractivity contribution in [2.45, 2.75) is 85.2 Å². The average molecular weight is 526 g/mol. The predicted octanol–water partition coefficient (Wildman–Crippen LogP) is 0.524. The van der Waals surface area contributed by atoms with E-state index in [0.29, 0.717) is 25.7 Å². The molecule has 6 amide bonds. The normalized spacial score (nSPS) is 14.4. The van der Waals surface area contributed by atoms with E-state index >= 15 is 0 Å². The van der Waals surface area contributed by atoms with Gasteiger partial charge in [0.05, 0.1) is 12.6 Å². The highest BCUT2D eigenvalue weighted by atomic mass is 16.3. The zero-order chi connectivity index (χ0) is 28.6. The molecule has 0 fully saturated rings. The van der Waals surface area contributed by atoms with Crippen LogP contribution in [0.3, 0.4) is 0 Å². The van der Waals surface area contributed by atoms with Crippen molar-refractivity contribution in [3.63, 3.8) is 0 Å². The Kier molecular flexibility index (Phi) is 15.7. The number of hydrogen-bond donors (Lipinski definition) is 5. The molecule has 0 aromatic carbocycles. The Morgan fingerprint density at radius 1 is 0.946 bits per heavy atom. The summed E-state index contributed by atoms with van der Waals surface area (Å²) in [7, 11) is 0. The van der Waals surface area contributed by atoms with Gasteiger partial charge >= 0.3 is 6.03 Å². The van der Waals surface area contributed by atoms with Crippen molar-refractivity contribution in [1.29, 1.82) is 0 Å². The predicted molar refractivity (Wildman–Crippen MR) is 138 cm³/mol. The molecule has 0 aromatic heterocycles. The Morgan fingerprint density at radius 2 is 1.54 bits per heavy atom. The van der Waals surface area contributed by atoms with Crippen LogP contribution in [0.25, 0.3) is 0 Å². The number of unbranched alkanes of at least 4 members (excludes halogenated alkanes) is 2. The molecule has 0 radical (unpaired) electrons. The molecule has 12 heteroatoms. The largest absolute Gasteiger partial charge is 0.394 e. The first-order valence-electron chi connectivity index (χ1n) is 12.7. The summed E-state index contributed by atoms with van der Waals surface area (Å²) in [5, 5.41) is 17.1. The van der Waals surface area contributed by atoms with E-state index in [0.717, 1.165) is 4.90 Å². The maximum absolute atomic E-state index is 12.8. The van der Waals surface area contributed by atoms with Crippen LogP contribution in [0.1, 0.15) is 73.1 Å². The summed E-state index contributed by atoms with van der Waals surface area (Å²) < 4.78 is 0. The van der Waals surface area contributed by atoms with Gasteiger partial charge in [-0.3, -0.25) is 28.9 Å². The fourth-order valence-corrected chi connectivity index (χ4v) is 3.43. The second-order valence-corrected chi connectivity index (χ2v) is 9.38. The maximum atomic E-state index is 12.8. The first-order chi connectivity index (χ1) is 17.4. The van der Waals surface area contributed by atoms with E-state index in [2.05, 4.69) is 16.0 Å². The smallest absolute Gasteiger partial charge is 0.312 e. The molecule has 12 nitrogen and oxygen atoms in total. The lowest BCUT2D eigenvalue weighted by Gasteiger charge is -2.27. The van der Waals surface area contributed by atoms with Crippen LogP contribution in [0.2, 0.25) is 0 Å². The number of urea groups is 1. The summed E-state index contributed by atoms with van der Waals surface area (Å²) in [4.78, 5) is 72.6. The molecule has 0 aromatic rings. The quantitative estimate of drug-likeness (QED) is 0.152. The molecular formula is C25H43N5O7. The third kappa shape index (κ3) is 13.0. The van der Waals surface area contributed by atoms with Crippen LogP contribution < -0.4 is 21.7 Å². The Labute approximate surface area is 218 Å². The lowest BCUT2D eigenvalue weighted by molar-refractivity contribution is -0.137. The van der Waals surface area contributed by atoms with Crippen LogP contribution in [-0.4, -0.2) is 77.2 Å². The van der Waals surface area contributed by atoms with Crippen LogP contribution in [-0.2, 0) is 24.0 Å². The van der Waals surface area contributed by atoms with Crippen molar-refractivity contribution in [3.05, 3.63) is 12.2 Å². The van der Waals surface area contributed by atoms with Crippen LogP contribution in [0.5, 0.6) is 0 Å². The SMILES string of the molecule is CC.CC(C)(C)C(=O)[C@H](CCCNC(N)=O)NC(=O)C(CO)NC(=O)CCCCCN1C(=O)C=CC1=O. The number of hydrogen-bond acceptors (Lipinski definition) is 7. The summed E-state index contributed by atoms with van der Waals surface area (Å²) in [6.45, 7) is 9.00. The number of amides is 6. The summed E-state index contributed by atoms with van der Waals surface area (Å²) in [6, 6.07) is -2.79. The topological polar surface area (TPSA) is 188 Å². The van der Waals surface area contributed by atoms with Crippen molar-refractivity contribution in [2.75, 3.05) is 19.7 Å². The second-order valence-electron chi connectivity index (χ2n) is 9.38. The van der Waals surface area contributed by atoms with Crippen LogP contribution in [0.15, 0.2) is 12.2 Å². The van der Waals surface area contributed by atoms with Gasteiger partial charge < -0.3 is 26.8 Å². The highest BCUT2D eigenvalue weighted by molar-refractivity contribution is 6.12. The van der Waals surface area contributed by atoms with Crippen molar-refractivity contribution in [3.8, 4) is 0 Å². The van der Waals surface area contributed by atoms with Crippen LogP contribution in [0.4, 0.5) is 4.79 Å². The van der Waals surface area contributed by atoms with E-state index in [1.807, 2.05) is 13.8 Å². The number of nitrogens with two attached hydrogens (primary N) is 1. The van der Waals surface area contributed by atoms with Gasteiger partial charge in [-0.15, -0.1) is 0 Å². The molecule has 0 spiro atoms.